The number of methoxy groups -OCH3 is 2. The molecule has 0 bridgehead atoms. The fourth-order valence-corrected chi connectivity index (χ4v) is 5.25. The van der Waals surface area contributed by atoms with Crippen molar-refractivity contribution in [2.45, 2.75) is 45.4 Å². The summed E-state index contributed by atoms with van der Waals surface area (Å²) < 4.78 is 21.8. The lowest BCUT2D eigenvalue weighted by molar-refractivity contribution is -0.140. The van der Waals surface area contributed by atoms with Crippen molar-refractivity contribution in [1.29, 1.82) is 0 Å². The van der Waals surface area contributed by atoms with Crippen LogP contribution < -0.4 is 14.8 Å². The van der Waals surface area contributed by atoms with Crippen molar-refractivity contribution in [3.05, 3.63) is 81.7 Å². The summed E-state index contributed by atoms with van der Waals surface area (Å²) in [5.41, 5.74) is 5.64. The predicted octanol–water partition coefficient (Wildman–Crippen LogP) is 4.95. The van der Waals surface area contributed by atoms with E-state index >= 15 is 0 Å². The van der Waals surface area contributed by atoms with Gasteiger partial charge in [-0.15, -0.1) is 0 Å². The zero-order valence-electron chi connectivity index (χ0n) is 22.2. The molecule has 0 spiro atoms. The van der Waals surface area contributed by atoms with Gasteiger partial charge in [0.2, 0.25) is 0 Å². The molecule has 0 amide bonds. The minimum atomic E-state index is -0.491. The second-order valence-electron chi connectivity index (χ2n) is 9.38. The number of dihydropyridines is 1. The van der Waals surface area contributed by atoms with Gasteiger partial charge in [0, 0.05) is 35.9 Å². The predicted molar refractivity (Wildman–Crippen MR) is 141 cm³/mol. The first-order valence-electron chi connectivity index (χ1n) is 12.6. The maximum Gasteiger partial charge on any atom is 0.336 e. The normalized spacial score (nSPS) is 19.3. The molecular formula is C30H35NO6. The van der Waals surface area contributed by atoms with E-state index in [1.165, 1.54) is 0 Å². The van der Waals surface area contributed by atoms with Crippen LogP contribution in [0.5, 0.6) is 11.5 Å². The summed E-state index contributed by atoms with van der Waals surface area (Å²) >= 11 is 0. The maximum absolute atomic E-state index is 13.8. The van der Waals surface area contributed by atoms with Crippen molar-refractivity contribution in [2.75, 3.05) is 34.0 Å². The minimum absolute atomic E-state index is 0.0205. The highest BCUT2D eigenvalue weighted by molar-refractivity contribution is 6.04. The molecule has 7 nitrogen and oxygen atoms in total. The van der Waals surface area contributed by atoms with Gasteiger partial charge in [-0.05, 0) is 56.4 Å². The van der Waals surface area contributed by atoms with E-state index in [0.29, 0.717) is 54.4 Å². The largest absolute Gasteiger partial charge is 0.493 e. The van der Waals surface area contributed by atoms with Gasteiger partial charge >= 0.3 is 5.97 Å². The van der Waals surface area contributed by atoms with E-state index in [1.807, 2.05) is 63.2 Å². The van der Waals surface area contributed by atoms with E-state index in [9.17, 15) is 9.59 Å². The molecule has 1 heterocycles. The Morgan fingerprint density at radius 2 is 1.76 bits per heavy atom. The first-order valence-corrected chi connectivity index (χ1v) is 12.6. The van der Waals surface area contributed by atoms with Crippen LogP contribution >= 0.6 is 0 Å². The second-order valence-corrected chi connectivity index (χ2v) is 9.38. The highest BCUT2D eigenvalue weighted by atomic mass is 16.6. The molecule has 2 aliphatic rings. The van der Waals surface area contributed by atoms with Crippen molar-refractivity contribution in [2.24, 2.45) is 0 Å². The highest BCUT2D eigenvalue weighted by Crippen LogP contribution is 2.46. The fourth-order valence-electron chi connectivity index (χ4n) is 5.25. The summed E-state index contributed by atoms with van der Waals surface area (Å²) in [6.45, 7) is 6.81. The van der Waals surface area contributed by atoms with E-state index in [2.05, 4.69) is 5.32 Å². The van der Waals surface area contributed by atoms with Gasteiger partial charge < -0.3 is 24.3 Å². The summed E-state index contributed by atoms with van der Waals surface area (Å²) in [4.78, 5) is 27.1. The molecule has 4 rings (SSSR count). The fraction of sp³-hybridized carbons (Fsp3) is 0.400. The number of ether oxygens (including phenoxy) is 4. The third kappa shape index (κ3) is 5.57. The average molecular weight is 506 g/mol. The SMILES string of the molecule is CCOCCOC(=O)C1=C(C)NC2=C(C(=O)C[C@H](c3ccc(OC)c(OC)c3)C2)[C@@H]1c1cccc(C)c1. The number of aryl methyl sites for hydroxylation is 1. The molecule has 2 aromatic carbocycles. The van der Waals surface area contributed by atoms with Crippen molar-refractivity contribution in [3.8, 4) is 11.5 Å². The molecule has 0 aromatic heterocycles. The summed E-state index contributed by atoms with van der Waals surface area (Å²) in [6.07, 6.45) is 0.979. The van der Waals surface area contributed by atoms with Crippen LogP contribution in [0.15, 0.2) is 65.0 Å². The molecule has 37 heavy (non-hydrogen) atoms. The Hall–Kier alpha value is -3.58. The molecule has 1 aliphatic carbocycles. The molecule has 1 aliphatic heterocycles. The number of allylic oxidation sites excluding steroid dienone is 3. The monoisotopic (exact) mass is 505 g/mol. The topological polar surface area (TPSA) is 83.1 Å². The number of hydrogen-bond acceptors (Lipinski definition) is 7. The first-order chi connectivity index (χ1) is 17.9. The first kappa shape index (κ1) is 26.5. The molecule has 0 fully saturated rings. The second kappa shape index (κ2) is 11.6. The number of hydrogen-bond donors (Lipinski definition) is 1. The van der Waals surface area contributed by atoms with Crippen LogP contribution in [0, 0.1) is 6.92 Å². The smallest absolute Gasteiger partial charge is 0.336 e. The lowest BCUT2D eigenvalue weighted by atomic mass is 9.71. The zero-order chi connectivity index (χ0) is 26.5. The molecule has 2 atom stereocenters. The van der Waals surface area contributed by atoms with Gasteiger partial charge in [-0.3, -0.25) is 4.79 Å². The van der Waals surface area contributed by atoms with Gasteiger partial charge in [0.15, 0.2) is 17.3 Å². The van der Waals surface area contributed by atoms with E-state index in [0.717, 1.165) is 22.4 Å². The third-order valence-electron chi connectivity index (χ3n) is 6.97. The number of carbonyl (C=O) groups excluding carboxylic acids is 2. The number of esters is 1. The Balaban J connectivity index is 1.71. The zero-order valence-corrected chi connectivity index (χ0v) is 22.2. The van der Waals surface area contributed by atoms with Crippen LogP contribution in [0.4, 0.5) is 0 Å². The minimum Gasteiger partial charge on any atom is -0.493 e. The molecule has 0 unspecified atom stereocenters. The average Bonchev–Trinajstić information content (AvgIpc) is 2.89. The van der Waals surface area contributed by atoms with E-state index < -0.39 is 11.9 Å². The summed E-state index contributed by atoms with van der Waals surface area (Å²) in [5.74, 6) is 0.355. The Morgan fingerprint density at radius 3 is 2.46 bits per heavy atom. The lowest BCUT2D eigenvalue weighted by Gasteiger charge is -2.37. The number of carbonyl (C=O) groups is 2. The van der Waals surface area contributed by atoms with Crippen molar-refractivity contribution in [1.82, 2.24) is 5.32 Å². The van der Waals surface area contributed by atoms with Crippen molar-refractivity contribution < 1.29 is 28.5 Å². The van der Waals surface area contributed by atoms with Crippen LogP contribution in [-0.2, 0) is 19.1 Å². The van der Waals surface area contributed by atoms with Gasteiger partial charge in [-0.25, -0.2) is 4.79 Å². The summed E-state index contributed by atoms with van der Waals surface area (Å²) in [7, 11) is 3.21. The van der Waals surface area contributed by atoms with Crippen LogP contribution in [0.3, 0.4) is 0 Å². The van der Waals surface area contributed by atoms with Gasteiger partial charge in [0.05, 0.1) is 26.4 Å². The lowest BCUT2D eigenvalue weighted by Crippen LogP contribution is -2.36. The molecule has 1 N–H and O–H groups in total. The molecule has 7 heteroatoms. The van der Waals surface area contributed by atoms with Gasteiger partial charge in [-0.1, -0.05) is 35.9 Å². The van der Waals surface area contributed by atoms with Crippen molar-refractivity contribution >= 4 is 11.8 Å². The number of ketones is 1. The molecular weight excluding hydrogens is 470 g/mol. The van der Waals surface area contributed by atoms with Crippen LogP contribution in [0.25, 0.3) is 0 Å². The number of nitrogens with one attached hydrogen (secondary N) is 1. The molecule has 0 saturated carbocycles. The number of Topliss-reactive ketones (excluding diaryl/α,β-unsaturated/α-hetero) is 1. The highest BCUT2D eigenvalue weighted by Gasteiger charge is 2.41. The molecule has 0 saturated heterocycles. The Morgan fingerprint density at radius 1 is 0.973 bits per heavy atom. The van der Waals surface area contributed by atoms with Gasteiger partial charge in [0.25, 0.3) is 0 Å². The quantitative estimate of drug-likeness (QED) is 0.381. The van der Waals surface area contributed by atoms with E-state index in [1.54, 1.807) is 14.2 Å². The summed E-state index contributed by atoms with van der Waals surface area (Å²) in [5, 5.41) is 3.40. The van der Waals surface area contributed by atoms with Gasteiger partial charge in [-0.2, -0.15) is 0 Å². The molecule has 0 radical (unpaired) electrons. The molecule has 2 aromatic rings. The Labute approximate surface area is 218 Å². The van der Waals surface area contributed by atoms with Crippen LogP contribution in [-0.4, -0.2) is 45.8 Å². The summed E-state index contributed by atoms with van der Waals surface area (Å²) in [6, 6.07) is 13.8. The molecule has 196 valence electrons. The number of benzene rings is 2. The van der Waals surface area contributed by atoms with Gasteiger partial charge in [0.1, 0.15) is 6.61 Å². The van der Waals surface area contributed by atoms with Crippen molar-refractivity contribution in [3.63, 3.8) is 0 Å². The third-order valence-corrected chi connectivity index (χ3v) is 6.97. The van der Waals surface area contributed by atoms with Crippen LogP contribution in [0.2, 0.25) is 0 Å². The van der Waals surface area contributed by atoms with E-state index in [4.69, 9.17) is 18.9 Å². The maximum atomic E-state index is 13.8. The Kier molecular flexibility index (Phi) is 8.34. The Bertz CT molecular complexity index is 1240. The number of rotatable bonds is 9. The standard InChI is InChI=1S/C30H35NO6/c1-6-36-12-13-37-30(33)27-19(3)31-23-15-22(20-10-11-25(34-4)26(17-20)35-5)16-24(32)29(23)28(27)21-9-7-8-18(2)14-21/h7-11,14,17,22,28,31H,6,12-13,15-16H2,1-5H3/t22-,28-/m1/s1. The van der Waals surface area contributed by atoms with Crippen LogP contribution in [0.1, 0.15) is 55.2 Å². The van der Waals surface area contributed by atoms with E-state index in [-0.39, 0.29) is 18.3 Å².